The summed E-state index contributed by atoms with van der Waals surface area (Å²) in [4.78, 5) is 20.4. The van der Waals surface area contributed by atoms with Crippen molar-refractivity contribution in [3.63, 3.8) is 0 Å². The Labute approximate surface area is 64.8 Å². The van der Waals surface area contributed by atoms with Gasteiger partial charge in [0, 0.05) is 0 Å². The Bertz CT molecular complexity index is 151. The molecule has 0 aromatic heterocycles. The number of hydrogen-bond donors (Lipinski definition) is 2. The van der Waals surface area contributed by atoms with Gasteiger partial charge in [0.25, 0.3) is 0 Å². The lowest BCUT2D eigenvalue weighted by atomic mass is 10.3. The predicted molar refractivity (Wildman–Crippen MR) is 38.5 cm³/mol. The van der Waals surface area contributed by atoms with Gasteiger partial charge in [0.05, 0.1) is 6.61 Å². The topological polar surface area (TPSA) is 76.0 Å². The van der Waals surface area contributed by atoms with Crippen molar-refractivity contribution in [1.82, 2.24) is 0 Å². The van der Waals surface area contributed by atoms with Crippen molar-refractivity contribution in [2.24, 2.45) is 0 Å². The lowest BCUT2D eigenvalue weighted by molar-refractivity contribution is -0.222. The van der Waals surface area contributed by atoms with Gasteiger partial charge in [-0.2, -0.15) is 0 Å². The molecule has 0 aliphatic carbocycles. The lowest BCUT2D eigenvalue weighted by Gasteiger charge is -2.02. The monoisotopic (exact) mass is 182 g/mol. The van der Waals surface area contributed by atoms with Crippen molar-refractivity contribution in [3.8, 4) is 0 Å². The van der Waals surface area contributed by atoms with Gasteiger partial charge >= 0.3 is 7.82 Å². The van der Waals surface area contributed by atoms with E-state index in [-0.39, 0.29) is 6.61 Å². The van der Waals surface area contributed by atoms with Gasteiger partial charge in [0.2, 0.25) is 0 Å². The summed E-state index contributed by atoms with van der Waals surface area (Å²) in [6, 6.07) is 0. The quantitative estimate of drug-likeness (QED) is 0.210. The molecule has 11 heavy (non-hydrogen) atoms. The molecular weight excluding hydrogens is 171 g/mol. The molecule has 0 atom stereocenters. The van der Waals surface area contributed by atoms with Crippen LogP contribution in [-0.2, 0) is 14.1 Å². The Morgan fingerprint density at radius 1 is 1.55 bits per heavy atom. The van der Waals surface area contributed by atoms with Crippen LogP contribution in [0, 0.1) is 0 Å². The highest BCUT2D eigenvalue weighted by molar-refractivity contribution is 7.46. The van der Waals surface area contributed by atoms with E-state index in [1.165, 1.54) is 0 Å². The number of allylic oxidation sites excluding steroid dienone is 1. The predicted octanol–water partition coefficient (Wildman–Crippen LogP) is 0.993. The van der Waals surface area contributed by atoms with Crippen molar-refractivity contribution in [3.05, 3.63) is 12.7 Å². The summed E-state index contributed by atoms with van der Waals surface area (Å²) in [6.07, 6.45) is 3.04. The highest BCUT2D eigenvalue weighted by atomic mass is 31.2. The molecular formula is C5H11O5P. The molecule has 0 unspecified atom stereocenters. The smallest absolute Gasteiger partial charge is 0.301 e. The summed E-state index contributed by atoms with van der Waals surface area (Å²) in [5, 5.41) is 0. The van der Waals surface area contributed by atoms with Crippen molar-refractivity contribution in [2.75, 3.05) is 6.61 Å². The summed E-state index contributed by atoms with van der Waals surface area (Å²) < 4.78 is 13.7. The molecule has 0 bridgehead atoms. The molecule has 0 spiro atoms. The van der Waals surface area contributed by atoms with Gasteiger partial charge in [-0.1, -0.05) is 6.08 Å². The maximum Gasteiger partial charge on any atom is 0.496 e. The molecule has 2 N–H and O–H groups in total. The van der Waals surface area contributed by atoms with Gasteiger partial charge in [0.1, 0.15) is 0 Å². The van der Waals surface area contributed by atoms with Gasteiger partial charge < -0.3 is 9.79 Å². The molecule has 0 aromatic rings. The van der Waals surface area contributed by atoms with Crippen LogP contribution in [0.1, 0.15) is 12.8 Å². The summed E-state index contributed by atoms with van der Waals surface area (Å²) in [7, 11) is -4.46. The average molecular weight is 182 g/mol. The molecule has 6 heteroatoms. The summed E-state index contributed by atoms with van der Waals surface area (Å²) in [5.41, 5.74) is 0. The molecule has 66 valence electrons. The van der Waals surface area contributed by atoms with E-state index in [0.29, 0.717) is 6.42 Å². The Balaban J connectivity index is 3.15. The van der Waals surface area contributed by atoms with Gasteiger partial charge in [0.15, 0.2) is 0 Å². The number of rotatable bonds is 6. The fourth-order valence-corrected chi connectivity index (χ4v) is 0.604. The van der Waals surface area contributed by atoms with Crippen molar-refractivity contribution in [2.45, 2.75) is 12.8 Å². The minimum absolute atomic E-state index is 0.150. The Morgan fingerprint density at radius 2 is 2.18 bits per heavy atom. The van der Waals surface area contributed by atoms with E-state index >= 15 is 0 Å². The normalized spacial score (nSPS) is 11.5. The zero-order valence-corrected chi connectivity index (χ0v) is 6.87. The van der Waals surface area contributed by atoms with Crippen LogP contribution < -0.4 is 0 Å². The third kappa shape index (κ3) is 9.81. The van der Waals surface area contributed by atoms with E-state index in [1.807, 2.05) is 0 Å². The first kappa shape index (κ1) is 10.8. The maximum atomic E-state index is 9.99. The summed E-state index contributed by atoms with van der Waals surface area (Å²) in [6.45, 7) is 3.61. The second-order valence-electron chi connectivity index (χ2n) is 1.82. The number of unbranched alkanes of at least 4 members (excludes halogenated alkanes) is 1. The minimum atomic E-state index is -4.46. The van der Waals surface area contributed by atoms with E-state index in [0.717, 1.165) is 6.42 Å². The zero-order valence-electron chi connectivity index (χ0n) is 5.97. The van der Waals surface area contributed by atoms with Crippen LogP contribution in [-0.4, -0.2) is 16.4 Å². The summed E-state index contributed by atoms with van der Waals surface area (Å²) >= 11 is 0. The van der Waals surface area contributed by atoms with Crippen LogP contribution in [0.2, 0.25) is 0 Å². The van der Waals surface area contributed by atoms with Crippen LogP contribution in [0.4, 0.5) is 0 Å². The molecule has 0 aliphatic heterocycles. The first-order valence-corrected chi connectivity index (χ1v) is 4.57. The second-order valence-corrected chi connectivity index (χ2v) is 2.95. The van der Waals surface area contributed by atoms with Crippen molar-refractivity contribution < 1.29 is 23.9 Å². The van der Waals surface area contributed by atoms with E-state index < -0.39 is 7.82 Å². The van der Waals surface area contributed by atoms with Crippen molar-refractivity contribution >= 4 is 7.82 Å². The standard InChI is InChI=1S/C5H11O5P/c1-2-3-4-5-9-10-11(6,7)8/h2H,1,3-5H2,(H2,6,7,8). The highest BCUT2D eigenvalue weighted by Gasteiger charge is 2.14. The van der Waals surface area contributed by atoms with Gasteiger partial charge in [-0.25, -0.2) is 9.45 Å². The van der Waals surface area contributed by atoms with Crippen molar-refractivity contribution in [1.29, 1.82) is 0 Å². The third-order valence-corrected chi connectivity index (χ3v) is 1.09. The third-order valence-electron chi connectivity index (χ3n) is 0.786. The van der Waals surface area contributed by atoms with Crippen LogP contribution in [0.25, 0.3) is 0 Å². The minimum Gasteiger partial charge on any atom is -0.301 e. The Kier molecular flexibility index (Phi) is 5.36. The van der Waals surface area contributed by atoms with Crippen LogP contribution in [0.5, 0.6) is 0 Å². The van der Waals surface area contributed by atoms with E-state index in [9.17, 15) is 4.57 Å². The largest absolute Gasteiger partial charge is 0.496 e. The molecule has 0 amide bonds. The van der Waals surface area contributed by atoms with Crippen LogP contribution in [0.3, 0.4) is 0 Å². The Hall–Kier alpha value is -0.190. The lowest BCUT2D eigenvalue weighted by Crippen LogP contribution is -1.94. The fourth-order valence-electron chi connectivity index (χ4n) is 0.393. The fraction of sp³-hybridized carbons (Fsp3) is 0.600. The molecule has 0 heterocycles. The molecule has 0 saturated heterocycles. The number of hydrogen-bond acceptors (Lipinski definition) is 3. The van der Waals surface area contributed by atoms with Gasteiger partial charge in [-0.05, 0) is 12.8 Å². The molecule has 0 fully saturated rings. The number of phosphoric acid groups is 1. The van der Waals surface area contributed by atoms with Gasteiger partial charge in [-0.15, -0.1) is 11.3 Å². The maximum absolute atomic E-state index is 9.99. The second kappa shape index (κ2) is 5.46. The van der Waals surface area contributed by atoms with Crippen LogP contribution in [0.15, 0.2) is 12.7 Å². The van der Waals surface area contributed by atoms with E-state index in [2.05, 4.69) is 16.1 Å². The van der Waals surface area contributed by atoms with E-state index in [1.54, 1.807) is 6.08 Å². The molecule has 0 aromatic carbocycles. The van der Waals surface area contributed by atoms with Crippen LogP contribution >= 0.6 is 7.82 Å². The molecule has 0 rings (SSSR count). The SMILES string of the molecule is C=CCCCOOP(=O)(O)O. The first-order chi connectivity index (χ1) is 5.06. The average Bonchev–Trinajstić information content (AvgIpc) is 1.85. The molecule has 0 aliphatic rings. The van der Waals surface area contributed by atoms with E-state index in [4.69, 9.17) is 9.79 Å². The highest BCUT2D eigenvalue weighted by Crippen LogP contribution is 2.35. The Morgan fingerprint density at radius 3 is 2.64 bits per heavy atom. The first-order valence-electron chi connectivity index (χ1n) is 3.04. The molecule has 0 saturated carbocycles. The molecule has 5 nitrogen and oxygen atoms in total. The summed E-state index contributed by atoms with van der Waals surface area (Å²) in [5.74, 6) is 0. The molecule has 0 radical (unpaired) electrons. The zero-order chi connectivity index (χ0) is 8.74. The van der Waals surface area contributed by atoms with Gasteiger partial charge in [-0.3, -0.25) is 0 Å².